The van der Waals surface area contributed by atoms with Gasteiger partial charge in [0, 0.05) is 0 Å². The Labute approximate surface area is 127 Å². The van der Waals surface area contributed by atoms with E-state index in [1.807, 2.05) is 6.07 Å². The Morgan fingerprint density at radius 1 is 0.824 bits per heavy atom. The summed E-state index contributed by atoms with van der Waals surface area (Å²) < 4.78 is 6.21. The van der Waals surface area contributed by atoms with Crippen LogP contribution in [0.2, 0.25) is 0 Å². The van der Waals surface area contributed by atoms with Gasteiger partial charge < -0.3 is 0 Å². The van der Waals surface area contributed by atoms with E-state index in [9.17, 15) is 0 Å². The van der Waals surface area contributed by atoms with Gasteiger partial charge in [-0.05, 0) is 0 Å². The van der Waals surface area contributed by atoms with Crippen LogP contribution in [0.25, 0.3) is 0 Å². The second-order valence-electron chi connectivity index (χ2n) is 3.27. The Morgan fingerprint density at radius 3 is 1.94 bits per heavy atom. The van der Waals surface area contributed by atoms with Crippen LogP contribution in [0.3, 0.4) is 0 Å². The average molecular weight is 470 g/mol. The molecule has 0 amide bonds. The molecule has 86 valence electrons. The van der Waals surface area contributed by atoms with Gasteiger partial charge in [0.25, 0.3) is 0 Å². The molecule has 3 heteroatoms. The van der Waals surface area contributed by atoms with Gasteiger partial charge in [-0.15, -0.1) is 0 Å². The van der Waals surface area contributed by atoms with E-state index in [4.69, 9.17) is 11.6 Å². The van der Waals surface area contributed by atoms with Crippen LogP contribution in [0.5, 0.6) is 0 Å². The van der Waals surface area contributed by atoms with Crippen LogP contribution >= 0.6 is 11.6 Å². The first-order valence-electron chi connectivity index (χ1n) is 5.15. The van der Waals surface area contributed by atoms with Crippen LogP contribution in [0, 0.1) is 0 Å². The fourth-order valence-electron chi connectivity index (χ4n) is 1.24. The first-order valence-corrected chi connectivity index (χ1v) is 10.4. The molecule has 0 aromatic heterocycles. The number of rotatable bonds is 4. The molecular weight excluding hydrogens is 459 g/mol. The SMILES string of the molecule is Cl/C(=C\[Te]c1ccccc1)[Te]c1ccccc1. The maximum absolute atomic E-state index is 6.32. The molecule has 0 saturated heterocycles. The average Bonchev–Trinajstić information content (AvgIpc) is 2.39. The van der Waals surface area contributed by atoms with E-state index < -0.39 is 0 Å². The van der Waals surface area contributed by atoms with Crippen molar-refractivity contribution in [1.29, 1.82) is 0 Å². The van der Waals surface area contributed by atoms with Gasteiger partial charge in [0.05, 0.1) is 0 Å². The number of hydrogen-bond acceptors (Lipinski definition) is 0. The van der Waals surface area contributed by atoms with Crippen molar-refractivity contribution in [2.24, 2.45) is 0 Å². The van der Waals surface area contributed by atoms with Gasteiger partial charge in [-0.25, -0.2) is 0 Å². The summed E-state index contributed by atoms with van der Waals surface area (Å²) in [7, 11) is 0. The molecule has 0 atom stereocenters. The molecule has 0 bridgehead atoms. The first kappa shape index (κ1) is 13.5. The summed E-state index contributed by atoms with van der Waals surface area (Å²) in [6.07, 6.45) is 0. The molecule has 0 spiro atoms. The van der Waals surface area contributed by atoms with Crippen molar-refractivity contribution >= 4 is 60.7 Å². The Bertz CT molecular complexity index is 480. The number of benzene rings is 2. The fraction of sp³-hybridized carbons (Fsp3) is 0. The molecule has 2 aromatic rings. The molecule has 0 aliphatic heterocycles. The Kier molecular flexibility index (Phi) is 5.93. The van der Waals surface area contributed by atoms with E-state index in [0.717, 1.165) is 3.08 Å². The molecule has 0 fully saturated rings. The number of hydrogen-bond donors (Lipinski definition) is 0. The molecular formula is C14H11ClTe2. The summed E-state index contributed by atoms with van der Waals surface area (Å²) in [5.74, 6) is 0. The molecule has 0 heterocycles. The molecule has 2 rings (SSSR count). The van der Waals surface area contributed by atoms with Gasteiger partial charge in [0.2, 0.25) is 0 Å². The van der Waals surface area contributed by atoms with Gasteiger partial charge in [-0.3, -0.25) is 0 Å². The van der Waals surface area contributed by atoms with Crippen LogP contribution in [0.1, 0.15) is 0 Å². The van der Waals surface area contributed by atoms with E-state index in [1.165, 1.54) is 7.22 Å². The second-order valence-corrected chi connectivity index (χ2v) is 10.3. The second kappa shape index (κ2) is 7.48. The summed E-state index contributed by atoms with van der Waals surface area (Å²) in [6.45, 7) is 0. The van der Waals surface area contributed by atoms with Crippen molar-refractivity contribution in [3.63, 3.8) is 0 Å². The number of halogens is 1. The fourth-order valence-corrected chi connectivity index (χ4v) is 7.14. The van der Waals surface area contributed by atoms with Gasteiger partial charge in [-0.2, -0.15) is 0 Å². The monoisotopic (exact) mass is 474 g/mol. The molecule has 0 aliphatic rings. The predicted octanol–water partition coefficient (Wildman–Crippen LogP) is 2.08. The van der Waals surface area contributed by atoms with E-state index in [2.05, 4.69) is 58.7 Å². The van der Waals surface area contributed by atoms with E-state index >= 15 is 0 Å². The molecule has 0 radical (unpaired) electrons. The summed E-state index contributed by atoms with van der Waals surface area (Å²) in [5, 5.41) is 0. The van der Waals surface area contributed by atoms with Crippen molar-refractivity contribution in [3.8, 4) is 0 Å². The summed E-state index contributed by atoms with van der Waals surface area (Å²) in [6, 6.07) is 21.2. The summed E-state index contributed by atoms with van der Waals surface area (Å²) in [5.41, 5.74) is 0. The van der Waals surface area contributed by atoms with E-state index in [0.29, 0.717) is 0 Å². The Balaban J connectivity index is 1.94. The molecule has 17 heavy (non-hydrogen) atoms. The van der Waals surface area contributed by atoms with Crippen molar-refractivity contribution in [3.05, 3.63) is 67.9 Å². The minimum absolute atomic E-state index is 0.255. The molecule has 0 N–H and O–H groups in total. The molecule has 0 aliphatic carbocycles. The third kappa shape index (κ3) is 5.05. The first-order chi connectivity index (χ1) is 8.34. The van der Waals surface area contributed by atoms with Crippen LogP contribution in [-0.4, -0.2) is 41.8 Å². The maximum atomic E-state index is 6.32. The van der Waals surface area contributed by atoms with Crippen LogP contribution in [0.15, 0.2) is 67.9 Å². The Hall–Kier alpha value is 0.0492. The molecule has 2 aromatic carbocycles. The molecule has 0 unspecified atom stereocenters. The zero-order chi connectivity index (χ0) is 11.9. The standard InChI is InChI=1S/C14H11ClTe2/c15-14(17-13-9-5-2-6-10-13)11-16-12-7-3-1-4-8-12/h1-11H/b14-11+. The van der Waals surface area contributed by atoms with Crippen molar-refractivity contribution < 1.29 is 0 Å². The van der Waals surface area contributed by atoms with Crippen molar-refractivity contribution in [2.45, 2.75) is 0 Å². The summed E-state index contributed by atoms with van der Waals surface area (Å²) in [4.78, 5) is 0. The van der Waals surface area contributed by atoms with E-state index in [-0.39, 0.29) is 41.8 Å². The molecule has 0 nitrogen and oxygen atoms in total. The van der Waals surface area contributed by atoms with Gasteiger partial charge in [-0.1, -0.05) is 0 Å². The van der Waals surface area contributed by atoms with Gasteiger partial charge in [0.1, 0.15) is 0 Å². The Morgan fingerprint density at radius 2 is 1.35 bits per heavy atom. The quantitative estimate of drug-likeness (QED) is 0.602. The zero-order valence-corrected chi connectivity index (χ0v) is 14.5. The third-order valence-corrected chi connectivity index (χ3v) is 9.37. The van der Waals surface area contributed by atoms with Crippen molar-refractivity contribution in [1.82, 2.24) is 0 Å². The van der Waals surface area contributed by atoms with Crippen LogP contribution in [0.4, 0.5) is 0 Å². The topological polar surface area (TPSA) is 0 Å². The minimum atomic E-state index is -0.361. The molecule has 0 saturated carbocycles. The van der Waals surface area contributed by atoms with Crippen molar-refractivity contribution in [2.75, 3.05) is 0 Å². The third-order valence-electron chi connectivity index (χ3n) is 1.99. The predicted molar refractivity (Wildman–Crippen MR) is 77.6 cm³/mol. The normalized spacial score (nSPS) is 11.5. The van der Waals surface area contributed by atoms with Crippen LogP contribution < -0.4 is 7.22 Å². The van der Waals surface area contributed by atoms with Gasteiger partial charge in [0.15, 0.2) is 0 Å². The van der Waals surface area contributed by atoms with Crippen LogP contribution in [-0.2, 0) is 0 Å². The van der Waals surface area contributed by atoms with E-state index in [1.54, 1.807) is 0 Å². The summed E-state index contributed by atoms with van der Waals surface area (Å²) >= 11 is 5.70. The zero-order valence-electron chi connectivity index (χ0n) is 9.05. The van der Waals surface area contributed by atoms with Gasteiger partial charge >= 0.3 is 129 Å².